The van der Waals surface area contributed by atoms with Gasteiger partial charge in [0.2, 0.25) is 0 Å². The zero-order valence-electron chi connectivity index (χ0n) is 9.95. The van der Waals surface area contributed by atoms with Gasteiger partial charge in [0.1, 0.15) is 12.2 Å². The van der Waals surface area contributed by atoms with Crippen LogP contribution in [0.25, 0.3) is 0 Å². The Hall–Kier alpha value is -0.570. The van der Waals surface area contributed by atoms with E-state index in [1.54, 1.807) is 0 Å². The van der Waals surface area contributed by atoms with Crippen molar-refractivity contribution >= 4 is 5.97 Å². The molecule has 0 saturated heterocycles. The predicted molar refractivity (Wildman–Crippen MR) is 58.4 cm³/mol. The van der Waals surface area contributed by atoms with Crippen molar-refractivity contribution in [3.8, 4) is 0 Å². The van der Waals surface area contributed by atoms with Gasteiger partial charge in [0, 0.05) is 0 Å². The van der Waals surface area contributed by atoms with Crippen LogP contribution in [0, 0.1) is 11.8 Å². The molecule has 0 heterocycles. The third-order valence-electron chi connectivity index (χ3n) is 3.62. The fourth-order valence-corrected chi connectivity index (χ4v) is 2.31. The van der Waals surface area contributed by atoms with Crippen molar-refractivity contribution in [1.82, 2.24) is 0 Å². The first-order chi connectivity index (χ1) is 7.00. The van der Waals surface area contributed by atoms with Crippen molar-refractivity contribution < 1.29 is 14.6 Å². The molecule has 0 aliphatic heterocycles. The van der Waals surface area contributed by atoms with E-state index < -0.39 is 12.6 Å². The van der Waals surface area contributed by atoms with Gasteiger partial charge in [-0.15, -0.1) is 0 Å². The molecule has 1 aliphatic carbocycles. The van der Waals surface area contributed by atoms with E-state index in [2.05, 4.69) is 20.8 Å². The van der Waals surface area contributed by atoms with Crippen molar-refractivity contribution in [2.24, 2.45) is 11.8 Å². The molecule has 88 valence electrons. The first-order valence-corrected chi connectivity index (χ1v) is 5.83. The predicted octanol–water partition coefficient (Wildman–Crippen LogP) is 2.13. The molecule has 15 heavy (non-hydrogen) atoms. The Labute approximate surface area is 91.8 Å². The molecule has 0 radical (unpaired) electrons. The van der Waals surface area contributed by atoms with E-state index in [0.29, 0.717) is 5.92 Å². The Kier molecular flexibility index (Phi) is 4.14. The molecule has 0 aromatic heterocycles. The molecule has 1 saturated carbocycles. The molecule has 3 nitrogen and oxygen atoms in total. The minimum atomic E-state index is -0.510. The van der Waals surface area contributed by atoms with Crippen LogP contribution in [-0.4, -0.2) is 23.3 Å². The van der Waals surface area contributed by atoms with E-state index in [1.807, 2.05) is 0 Å². The molecule has 0 aromatic rings. The van der Waals surface area contributed by atoms with E-state index in [1.165, 1.54) is 0 Å². The van der Waals surface area contributed by atoms with Crippen molar-refractivity contribution in [3.63, 3.8) is 0 Å². The highest BCUT2D eigenvalue weighted by Crippen LogP contribution is 2.39. The largest absolute Gasteiger partial charge is 0.457 e. The van der Waals surface area contributed by atoms with E-state index >= 15 is 0 Å². The second kappa shape index (κ2) is 4.97. The highest BCUT2D eigenvalue weighted by molar-refractivity contribution is 5.71. The highest BCUT2D eigenvalue weighted by Gasteiger charge is 2.40. The van der Waals surface area contributed by atoms with Crippen LogP contribution in [0.3, 0.4) is 0 Å². The van der Waals surface area contributed by atoms with Gasteiger partial charge in [-0.25, -0.2) is 4.79 Å². The fraction of sp³-hybridized carbons (Fsp3) is 0.917. The van der Waals surface area contributed by atoms with Gasteiger partial charge in [-0.05, 0) is 37.5 Å². The highest BCUT2D eigenvalue weighted by atomic mass is 16.6. The normalized spacial score (nSPS) is 31.7. The zero-order chi connectivity index (χ0) is 11.5. The Morgan fingerprint density at radius 1 is 1.47 bits per heavy atom. The second-order valence-electron chi connectivity index (χ2n) is 5.03. The molecule has 0 bridgehead atoms. The topological polar surface area (TPSA) is 46.5 Å². The number of ether oxygens (including phenoxy) is 1. The second-order valence-corrected chi connectivity index (χ2v) is 5.03. The molecule has 1 N–H and O–H groups in total. The lowest BCUT2D eigenvalue weighted by molar-refractivity contribution is -0.174. The Bertz CT molecular complexity index is 215. The summed E-state index contributed by atoms with van der Waals surface area (Å²) in [6, 6.07) is 0. The van der Waals surface area contributed by atoms with Crippen LogP contribution in [0.4, 0.5) is 0 Å². The summed E-state index contributed by atoms with van der Waals surface area (Å²) in [4.78, 5) is 11.2. The number of aliphatic hydroxyl groups is 1. The van der Waals surface area contributed by atoms with Gasteiger partial charge in [0.15, 0.2) is 0 Å². The Morgan fingerprint density at radius 3 is 2.40 bits per heavy atom. The summed E-state index contributed by atoms with van der Waals surface area (Å²) >= 11 is 0. The summed E-state index contributed by atoms with van der Waals surface area (Å²) in [5, 5.41) is 8.74. The first kappa shape index (κ1) is 12.5. The van der Waals surface area contributed by atoms with E-state index in [9.17, 15) is 4.79 Å². The van der Waals surface area contributed by atoms with Crippen molar-refractivity contribution in [1.29, 1.82) is 0 Å². The Balaban J connectivity index is 2.67. The lowest BCUT2D eigenvalue weighted by atomic mass is 9.73. The summed E-state index contributed by atoms with van der Waals surface area (Å²) < 4.78 is 5.45. The summed E-state index contributed by atoms with van der Waals surface area (Å²) in [7, 11) is 0. The fourth-order valence-electron chi connectivity index (χ4n) is 2.31. The van der Waals surface area contributed by atoms with E-state index in [0.717, 1.165) is 31.6 Å². The molecule has 0 spiro atoms. The third kappa shape index (κ3) is 2.94. The number of esters is 1. The molecule has 0 amide bonds. The zero-order valence-corrected chi connectivity index (χ0v) is 9.95. The molecule has 0 unspecified atom stereocenters. The van der Waals surface area contributed by atoms with Gasteiger partial charge in [-0.1, -0.05) is 20.8 Å². The van der Waals surface area contributed by atoms with Gasteiger partial charge in [-0.3, -0.25) is 0 Å². The number of hydrogen-bond acceptors (Lipinski definition) is 3. The molecular formula is C12H22O3. The van der Waals surface area contributed by atoms with E-state index in [4.69, 9.17) is 9.84 Å². The maximum absolute atomic E-state index is 11.2. The van der Waals surface area contributed by atoms with Crippen LogP contribution in [0.2, 0.25) is 0 Å². The molecule has 3 heteroatoms. The lowest BCUT2D eigenvalue weighted by Gasteiger charge is -2.41. The molecule has 1 rings (SSSR count). The summed E-state index contributed by atoms with van der Waals surface area (Å²) in [5.41, 5.74) is -0.327. The summed E-state index contributed by atoms with van der Waals surface area (Å²) in [6.45, 7) is 5.89. The maximum Gasteiger partial charge on any atom is 0.332 e. The quantitative estimate of drug-likeness (QED) is 0.732. The standard InChI is InChI=1S/C12H22O3/c1-9(2)12(15-11(14)8-13)6-4-10(3)5-7-12/h9-10,13H,4-8H2,1-3H3. The smallest absolute Gasteiger partial charge is 0.332 e. The van der Waals surface area contributed by atoms with Crippen LogP contribution >= 0.6 is 0 Å². The van der Waals surface area contributed by atoms with Gasteiger partial charge in [0.25, 0.3) is 0 Å². The van der Waals surface area contributed by atoms with Crippen LogP contribution in [0.1, 0.15) is 46.5 Å². The minimum Gasteiger partial charge on any atom is -0.457 e. The van der Waals surface area contributed by atoms with E-state index in [-0.39, 0.29) is 5.60 Å². The van der Waals surface area contributed by atoms with Gasteiger partial charge in [-0.2, -0.15) is 0 Å². The summed E-state index contributed by atoms with van der Waals surface area (Å²) in [6.07, 6.45) is 4.07. The SMILES string of the molecule is CC1CCC(OC(=O)CO)(C(C)C)CC1. The first-order valence-electron chi connectivity index (χ1n) is 5.83. The number of carbonyl (C=O) groups is 1. The minimum absolute atomic E-state index is 0.320. The maximum atomic E-state index is 11.2. The average molecular weight is 214 g/mol. The molecule has 0 atom stereocenters. The van der Waals surface area contributed by atoms with Gasteiger partial charge < -0.3 is 9.84 Å². The molecule has 0 aromatic carbocycles. The molecule has 1 fully saturated rings. The number of hydrogen-bond donors (Lipinski definition) is 1. The van der Waals surface area contributed by atoms with Crippen molar-refractivity contribution in [3.05, 3.63) is 0 Å². The van der Waals surface area contributed by atoms with Gasteiger partial charge >= 0.3 is 5.97 Å². The average Bonchev–Trinajstić information content (AvgIpc) is 2.21. The third-order valence-corrected chi connectivity index (χ3v) is 3.62. The summed E-state index contributed by atoms with van der Waals surface area (Å²) in [5.74, 6) is 0.559. The van der Waals surface area contributed by atoms with Crippen molar-refractivity contribution in [2.75, 3.05) is 6.61 Å². The number of carbonyl (C=O) groups excluding carboxylic acids is 1. The molecule has 1 aliphatic rings. The van der Waals surface area contributed by atoms with Crippen LogP contribution < -0.4 is 0 Å². The van der Waals surface area contributed by atoms with Crippen LogP contribution in [0.5, 0.6) is 0 Å². The van der Waals surface area contributed by atoms with Crippen LogP contribution in [0.15, 0.2) is 0 Å². The van der Waals surface area contributed by atoms with Crippen LogP contribution in [-0.2, 0) is 9.53 Å². The Morgan fingerprint density at radius 2 is 2.00 bits per heavy atom. The lowest BCUT2D eigenvalue weighted by Crippen LogP contribution is -2.44. The number of aliphatic hydroxyl groups excluding tert-OH is 1. The monoisotopic (exact) mass is 214 g/mol. The van der Waals surface area contributed by atoms with Gasteiger partial charge in [0.05, 0.1) is 0 Å². The molecular weight excluding hydrogens is 192 g/mol. The van der Waals surface area contributed by atoms with Crippen molar-refractivity contribution in [2.45, 2.75) is 52.1 Å². The number of rotatable bonds is 3.